The van der Waals surface area contributed by atoms with Crippen LogP contribution >= 0.6 is 33.5 Å². The second kappa shape index (κ2) is 3.62. The van der Waals surface area contributed by atoms with Gasteiger partial charge in [0.2, 0.25) is 0 Å². The van der Waals surface area contributed by atoms with Crippen molar-refractivity contribution in [3.8, 4) is 0 Å². The maximum atomic E-state index is 7.79. The van der Waals surface area contributed by atoms with E-state index in [1.165, 1.54) is 15.2 Å². The van der Waals surface area contributed by atoms with E-state index in [1.54, 1.807) is 0 Å². The van der Waals surface area contributed by atoms with Gasteiger partial charge in [-0.2, -0.15) is 0 Å². The minimum absolute atomic E-state index is 1.21. The van der Waals surface area contributed by atoms with Crippen molar-refractivity contribution in [2.24, 2.45) is 0 Å². The number of fused-ring (bicyclic) bond motifs is 4. The number of halogens is 1. The Kier molecular flexibility index (Phi) is 2.17. The molecule has 110 valence electrons. The quantitative estimate of drug-likeness (QED) is 0.487. The van der Waals surface area contributed by atoms with Crippen molar-refractivity contribution < 1.29 is 8.47 Å². The maximum absolute atomic E-state index is 7.79. The fourth-order valence-electron chi connectivity index (χ4n) is 3.71. The van der Waals surface area contributed by atoms with Gasteiger partial charge in [0.25, 0.3) is 0 Å². The van der Waals surface area contributed by atoms with Gasteiger partial charge in [0.15, 0.2) is 0 Å². The van der Waals surface area contributed by atoms with Crippen molar-refractivity contribution in [1.82, 2.24) is 0 Å². The first-order valence-corrected chi connectivity index (χ1v) is 14.1. The molecule has 5 rings (SSSR count). The van der Waals surface area contributed by atoms with Gasteiger partial charge >= 0.3 is 141 Å². The molecule has 0 bridgehead atoms. The van der Waals surface area contributed by atoms with Crippen LogP contribution in [-0.2, 0) is 0 Å². The molecule has 1 aromatic carbocycles. The minimum atomic E-state index is -3.92. The first-order valence-electron chi connectivity index (χ1n) is 7.15. The molecule has 2 nitrogen and oxygen atoms in total. The zero-order valence-corrected chi connectivity index (χ0v) is 15.0. The van der Waals surface area contributed by atoms with E-state index in [-0.39, 0.29) is 0 Å². The second-order valence-corrected chi connectivity index (χ2v) is 23.3. The third-order valence-electron chi connectivity index (χ3n) is 4.71. The summed E-state index contributed by atoms with van der Waals surface area (Å²) in [7, 11) is 0. The monoisotopic (exact) mass is 360 g/mol. The van der Waals surface area contributed by atoms with Gasteiger partial charge in [-0.25, -0.2) is 0 Å². The van der Waals surface area contributed by atoms with E-state index in [9.17, 15) is 0 Å². The Balaban J connectivity index is 1.97. The van der Waals surface area contributed by atoms with Gasteiger partial charge in [-0.1, -0.05) is 0 Å². The average Bonchev–Trinajstić information content (AvgIpc) is 2.54. The van der Waals surface area contributed by atoms with Crippen molar-refractivity contribution in [3.63, 3.8) is 0 Å². The molecule has 0 amide bonds. The van der Waals surface area contributed by atoms with Crippen LogP contribution in [0.1, 0.15) is 0 Å². The predicted molar refractivity (Wildman–Crippen MR) is 93.5 cm³/mol. The zero-order chi connectivity index (χ0) is 14.9. The number of hydrogen-bond donors (Lipinski definition) is 0. The topological polar surface area (TPSA) is 7.76 Å². The van der Waals surface area contributed by atoms with Crippen LogP contribution in [-0.4, -0.2) is 4.56 Å². The van der Waals surface area contributed by atoms with Crippen molar-refractivity contribution in [3.05, 3.63) is 79.1 Å². The van der Waals surface area contributed by atoms with E-state index >= 15 is 0 Å². The standard InChI is InChI=1S/C16H13ClN2S2Si/c17-22(14-8-2-1-3-9-14,18-12-6-4-10-15(18)20-22)19-13-7-5-11-16(19)21-22/h1-13H. The van der Waals surface area contributed by atoms with Crippen LogP contribution in [0.4, 0.5) is 0 Å². The number of rotatable bonds is 1. The molecule has 4 heterocycles. The predicted octanol–water partition coefficient (Wildman–Crippen LogP) is 2.86. The van der Waals surface area contributed by atoms with E-state index in [2.05, 4.69) is 81.5 Å². The second-order valence-electron chi connectivity index (χ2n) is 5.78. The van der Waals surface area contributed by atoms with Crippen molar-refractivity contribution >= 4 is 43.2 Å². The van der Waals surface area contributed by atoms with E-state index in [0.29, 0.717) is 0 Å². The normalized spacial score (nSPS) is 24.2. The van der Waals surface area contributed by atoms with E-state index < -0.39 is 4.56 Å². The Labute approximate surface area is 140 Å². The van der Waals surface area contributed by atoms with Crippen LogP contribution in [0.5, 0.6) is 0 Å². The zero-order valence-electron chi connectivity index (χ0n) is 11.6. The molecule has 6 heteroatoms. The van der Waals surface area contributed by atoms with Crippen molar-refractivity contribution in [2.75, 3.05) is 0 Å². The van der Waals surface area contributed by atoms with Crippen LogP contribution in [0.25, 0.3) is 0 Å². The molecule has 22 heavy (non-hydrogen) atoms. The van der Waals surface area contributed by atoms with Gasteiger partial charge in [-0.15, -0.1) is 0 Å². The number of benzene rings is 1. The SMILES string of the molecule is Cl[Si-2]12(c3ccccc3)(Sc3cccc[n+]31)Sc1cccc[n+]12. The summed E-state index contributed by atoms with van der Waals surface area (Å²) in [6.45, 7) is 0. The van der Waals surface area contributed by atoms with Gasteiger partial charge in [-0.3, -0.25) is 0 Å². The van der Waals surface area contributed by atoms with Gasteiger partial charge in [-0.05, 0) is 0 Å². The van der Waals surface area contributed by atoms with E-state index in [1.807, 2.05) is 28.5 Å². The average molecular weight is 361 g/mol. The molecule has 0 saturated heterocycles. The number of hydrogen-bond acceptors (Lipinski definition) is 2. The first kappa shape index (κ1) is 13.2. The van der Waals surface area contributed by atoms with E-state index in [0.717, 1.165) is 0 Å². The van der Waals surface area contributed by atoms with Crippen LogP contribution in [0.3, 0.4) is 0 Å². The summed E-state index contributed by atoms with van der Waals surface area (Å²) in [5, 5.41) is 3.65. The van der Waals surface area contributed by atoms with Gasteiger partial charge in [0.05, 0.1) is 0 Å². The molecule has 1 spiro atoms. The van der Waals surface area contributed by atoms with Crippen molar-refractivity contribution in [2.45, 2.75) is 10.1 Å². The third kappa shape index (κ3) is 1.11. The Morgan fingerprint density at radius 3 is 1.68 bits per heavy atom. The molecule has 0 N–H and O–H groups in total. The summed E-state index contributed by atoms with van der Waals surface area (Å²) >= 11 is 11.5. The Hall–Kier alpha value is -1.27. The molecular weight excluding hydrogens is 348 g/mol. The molecule has 0 saturated carbocycles. The molecule has 0 atom stereocenters. The van der Waals surface area contributed by atoms with Gasteiger partial charge in [0, 0.05) is 0 Å². The van der Waals surface area contributed by atoms with Crippen LogP contribution < -0.4 is 13.7 Å². The van der Waals surface area contributed by atoms with Gasteiger partial charge in [0.1, 0.15) is 0 Å². The molecule has 3 aromatic rings. The molecule has 0 fully saturated rings. The van der Waals surface area contributed by atoms with Crippen LogP contribution in [0.2, 0.25) is 0 Å². The molecule has 2 aliphatic heterocycles. The summed E-state index contributed by atoms with van der Waals surface area (Å²) in [5.74, 6) is 0. The summed E-state index contributed by atoms with van der Waals surface area (Å²) < 4.78 is 0.741. The molecule has 0 unspecified atom stereocenters. The van der Waals surface area contributed by atoms with Crippen LogP contribution in [0, 0.1) is 0 Å². The molecule has 0 aliphatic carbocycles. The summed E-state index contributed by atoms with van der Waals surface area (Å²) in [5.41, 5.74) is 0. The number of nitrogens with zero attached hydrogens (tertiary/aromatic N) is 2. The summed E-state index contributed by atoms with van der Waals surface area (Å²) in [6.07, 6.45) is 4.26. The molecule has 2 aromatic heterocycles. The Bertz CT molecular complexity index is 908. The fourth-order valence-corrected chi connectivity index (χ4v) is 23.6. The first-order chi connectivity index (χ1) is 10.6. The summed E-state index contributed by atoms with van der Waals surface area (Å²) in [4.78, 5) is 0. The Morgan fingerprint density at radius 1 is 0.682 bits per heavy atom. The Morgan fingerprint density at radius 2 is 1.18 bits per heavy atom. The molecular formula is C16H13ClN2S2Si. The number of pyridine rings is 2. The number of aromatic nitrogens is 2. The fraction of sp³-hybridized carbons (Fsp3) is 0. The van der Waals surface area contributed by atoms with Gasteiger partial charge < -0.3 is 0 Å². The summed E-state index contributed by atoms with van der Waals surface area (Å²) in [6, 6.07) is 23.1. The third-order valence-corrected chi connectivity index (χ3v) is 23.7. The van der Waals surface area contributed by atoms with E-state index in [4.69, 9.17) is 11.1 Å². The molecule has 2 aliphatic rings. The molecule has 0 radical (unpaired) electrons. The van der Waals surface area contributed by atoms with Crippen molar-refractivity contribution in [1.29, 1.82) is 0 Å². The van der Waals surface area contributed by atoms with Crippen LogP contribution in [0.15, 0.2) is 89.2 Å².